The van der Waals surface area contributed by atoms with Crippen LogP contribution in [0.5, 0.6) is 0 Å². The van der Waals surface area contributed by atoms with Crippen molar-refractivity contribution in [1.29, 1.82) is 0 Å². The molecule has 12 heteroatoms. The Morgan fingerprint density at radius 1 is 0.980 bits per heavy atom. The van der Waals surface area contributed by atoms with Crippen LogP contribution in [0.3, 0.4) is 0 Å². The molecule has 2 aromatic rings. The minimum absolute atomic E-state index is 0.171. The number of carbonyl (C=O) groups excluding carboxylic acids is 4. The van der Waals surface area contributed by atoms with Crippen LogP contribution in [0.25, 0.3) is 10.9 Å². The summed E-state index contributed by atoms with van der Waals surface area (Å²) in [7, 11) is -0.135. The molecule has 2 saturated heterocycles. The number of hydrogen-bond donors (Lipinski definition) is 3. The lowest BCUT2D eigenvalue weighted by molar-refractivity contribution is -0.147. The smallest absolute Gasteiger partial charge is 0.246 e. The molecule has 0 bridgehead atoms. The van der Waals surface area contributed by atoms with E-state index in [1.807, 2.05) is 44.3 Å². The van der Waals surface area contributed by atoms with E-state index in [1.165, 1.54) is 0 Å². The zero-order chi connectivity index (χ0) is 35.7. The summed E-state index contributed by atoms with van der Waals surface area (Å²) in [5.41, 5.74) is 1.65. The van der Waals surface area contributed by atoms with Crippen LogP contribution in [0.2, 0.25) is 19.6 Å². The molecule has 5 atom stereocenters. The molecule has 4 amide bonds. The average Bonchev–Trinajstić information content (AvgIpc) is 3.44. The highest BCUT2D eigenvalue weighted by molar-refractivity contribution is 6.70. The number of amides is 4. The first kappa shape index (κ1) is 38.0. The summed E-state index contributed by atoms with van der Waals surface area (Å²) < 4.78 is 7.82. The molecule has 49 heavy (non-hydrogen) atoms. The third kappa shape index (κ3) is 9.89. The Kier molecular flexibility index (Phi) is 13.4. The Labute approximate surface area is 292 Å². The number of fused-ring (bicyclic) bond motifs is 2. The average molecular weight is 696 g/mol. The monoisotopic (exact) mass is 695 g/mol. The van der Waals surface area contributed by atoms with Gasteiger partial charge in [-0.1, -0.05) is 51.8 Å². The number of benzene rings is 1. The molecule has 0 radical (unpaired) electrons. The molecular formula is C37H57N5O6Si. The van der Waals surface area contributed by atoms with Gasteiger partial charge in [-0.05, 0) is 81.8 Å². The van der Waals surface area contributed by atoms with E-state index in [9.17, 15) is 19.2 Å². The summed E-state index contributed by atoms with van der Waals surface area (Å²) in [5.74, 6) is -0.593. The number of unbranched alkanes of at least 4 members (excludes halogenated alkanes) is 2. The van der Waals surface area contributed by atoms with E-state index in [4.69, 9.17) is 9.26 Å². The van der Waals surface area contributed by atoms with Crippen LogP contribution in [0, 0.1) is 5.92 Å². The lowest BCUT2D eigenvalue weighted by Crippen LogP contribution is -2.64. The highest BCUT2D eigenvalue weighted by Gasteiger charge is 2.41. The summed E-state index contributed by atoms with van der Waals surface area (Å²) in [6, 6.07) is 4.33. The predicted octanol–water partition coefficient (Wildman–Crippen LogP) is 4.84. The summed E-state index contributed by atoms with van der Waals surface area (Å²) >= 11 is 0. The second kappa shape index (κ2) is 17.2. The Bertz CT molecular complexity index is 1500. The number of rotatable bonds is 13. The van der Waals surface area contributed by atoms with Gasteiger partial charge in [0.25, 0.3) is 0 Å². The second-order valence-electron chi connectivity index (χ2n) is 14.4. The summed E-state index contributed by atoms with van der Waals surface area (Å²) in [6.07, 6.45) is 10.4. The van der Waals surface area contributed by atoms with Gasteiger partial charge in [-0.2, -0.15) is 4.73 Å². The van der Waals surface area contributed by atoms with Gasteiger partial charge in [0.05, 0.1) is 11.3 Å². The summed E-state index contributed by atoms with van der Waals surface area (Å²) in [5, 5.41) is 9.91. The molecule has 11 nitrogen and oxygen atoms in total. The quantitative estimate of drug-likeness (QED) is 0.156. The van der Waals surface area contributed by atoms with Crippen LogP contribution < -0.4 is 20.8 Å². The maximum atomic E-state index is 14.2. The largest absolute Gasteiger partial charge is 0.548 e. The van der Waals surface area contributed by atoms with Crippen molar-refractivity contribution in [3.63, 3.8) is 0 Å². The highest BCUT2D eigenvalue weighted by Crippen LogP contribution is 2.25. The van der Waals surface area contributed by atoms with Crippen LogP contribution in [-0.2, 0) is 30.0 Å². The fourth-order valence-corrected chi connectivity index (χ4v) is 7.77. The molecule has 0 spiro atoms. The fraction of sp³-hybridized carbons (Fsp3) is 0.622. The topological polar surface area (TPSA) is 131 Å². The van der Waals surface area contributed by atoms with Gasteiger partial charge < -0.3 is 30.1 Å². The van der Waals surface area contributed by atoms with Crippen molar-refractivity contribution >= 4 is 42.8 Å². The van der Waals surface area contributed by atoms with Crippen LogP contribution in [0.4, 0.5) is 0 Å². The molecule has 3 N–H and O–H groups in total. The maximum absolute atomic E-state index is 14.2. The zero-order valence-electron chi connectivity index (χ0n) is 30.5. The fourth-order valence-electron chi connectivity index (χ4n) is 6.76. The molecule has 2 aliphatic heterocycles. The Morgan fingerprint density at radius 2 is 1.69 bits per heavy atom. The van der Waals surface area contributed by atoms with E-state index in [1.54, 1.807) is 16.7 Å². The lowest BCUT2D eigenvalue weighted by atomic mass is 9.93. The first-order chi connectivity index (χ1) is 23.4. The van der Waals surface area contributed by atoms with E-state index in [2.05, 4.69) is 48.6 Å². The highest BCUT2D eigenvalue weighted by atomic mass is 28.4. The molecule has 0 saturated carbocycles. The van der Waals surface area contributed by atoms with Crippen LogP contribution >= 0.6 is 0 Å². The van der Waals surface area contributed by atoms with Crippen LogP contribution in [0.15, 0.2) is 42.3 Å². The number of allylic oxidation sites excluding steroid dienone is 2. The number of nitrogens with zero attached hydrogens (tertiary/aromatic N) is 2. The maximum Gasteiger partial charge on any atom is 0.246 e. The number of aromatic nitrogens is 1. The third-order valence-electron chi connectivity index (χ3n) is 9.62. The van der Waals surface area contributed by atoms with E-state index in [0.29, 0.717) is 32.2 Å². The van der Waals surface area contributed by atoms with Gasteiger partial charge in [0, 0.05) is 31.0 Å². The van der Waals surface area contributed by atoms with Crippen molar-refractivity contribution in [2.24, 2.45) is 5.92 Å². The Hall–Kier alpha value is -3.80. The molecular weight excluding hydrogens is 639 g/mol. The van der Waals surface area contributed by atoms with Crippen LogP contribution in [0.1, 0.15) is 84.1 Å². The third-order valence-corrected chi connectivity index (χ3v) is 10.5. The van der Waals surface area contributed by atoms with Gasteiger partial charge in [-0.25, -0.2) is 0 Å². The standard InChI is InChI=1S/C37H57N5O6Si/c1-8-25(3)33-37(46)41-22-16-15-21-32(41)36(45)38-29(19-12-10-11-17-27(9-2)48-49(5,6)7)34(43)39-30(35(44)40-33)23-26-24-42(47-4)31-20-14-13-18-28(26)31/h13-14,17-18,20,24-25,29-30,32-33H,8-12,15-16,19,21-23H2,1-7H3,(H,38,45)(H,39,43)(H,40,44)/b27-17-/t25?,29-,30-,32+,33-/m0/s1. The molecule has 1 aromatic carbocycles. The van der Waals surface area contributed by atoms with Crippen molar-refractivity contribution in [2.75, 3.05) is 13.7 Å². The first-order valence-electron chi connectivity index (χ1n) is 18.1. The van der Waals surface area contributed by atoms with Crippen LogP contribution in [-0.4, -0.2) is 79.4 Å². The number of para-hydroxylation sites is 1. The summed E-state index contributed by atoms with van der Waals surface area (Å²) in [4.78, 5) is 63.4. The number of carbonyl (C=O) groups is 4. The minimum Gasteiger partial charge on any atom is -0.548 e. The second-order valence-corrected chi connectivity index (χ2v) is 18.9. The molecule has 270 valence electrons. The zero-order valence-corrected chi connectivity index (χ0v) is 31.5. The summed E-state index contributed by atoms with van der Waals surface area (Å²) in [6.45, 7) is 12.9. The molecule has 1 unspecified atom stereocenters. The van der Waals surface area contributed by atoms with Crippen molar-refractivity contribution in [3.05, 3.63) is 47.9 Å². The lowest BCUT2D eigenvalue weighted by Gasteiger charge is -2.39. The molecule has 1 aromatic heterocycles. The SMILES string of the molecule is CC/C(=C/CCCC[C@@H]1NC(=O)[C@H]2CCCCN2C(=O)[C@H](C(C)CC)NC(=O)[C@H](Cc2cn(OC)c3ccccc23)NC1=O)O[Si](C)(C)C. The number of hydrogen-bond acceptors (Lipinski definition) is 6. The van der Waals surface area contributed by atoms with Gasteiger partial charge in [-0.15, -0.1) is 0 Å². The first-order valence-corrected chi connectivity index (χ1v) is 21.5. The van der Waals surface area contributed by atoms with E-state index in [0.717, 1.165) is 54.3 Å². The van der Waals surface area contributed by atoms with Crippen molar-refractivity contribution in [2.45, 2.75) is 129 Å². The molecule has 2 aliphatic rings. The molecule has 0 aliphatic carbocycles. The van der Waals surface area contributed by atoms with Crippen molar-refractivity contribution < 1.29 is 28.4 Å². The van der Waals surface area contributed by atoms with Gasteiger partial charge in [0.2, 0.25) is 31.9 Å². The van der Waals surface area contributed by atoms with E-state index >= 15 is 0 Å². The van der Waals surface area contributed by atoms with Gasteiger partial charge in [-0.3, -0.25) is 19.2 Å². The number of piperidine rings is 1. The molecule has 2 fully saturated rings. The number of nitrogens with one attached hydrogen (secondary N) is 3. The predicted molar refractivity (Wildman–Crippen MR) is 194 cm³/mol. The molecule has 3 heterocycles. The van der Waals surface area contributed by atoms with E-state index < -0.39 is 44.3 Å². The Morgan fingerprint density at radius 3 is 2.39 bits per heavy atom. The Balaban J connectivity index is 1.63. The minimum atomic E-state index is -1.71. The van der Waals surface area contributed by atoms with Gasteiger partial charge in [0.15, 0.2) is 0 Å². The van der Waals surface area contributed by atoms with Gasteiger partial charge in [0.1, 0.15) is 31.3 Å². The molecule has 4 rings (SSSR count). The van der Waals surface area contributed by atoms with Crippen molar-refractivity contribution in [1.82, 2.24) is 25.6 Å². The normalized spacial score (nSPS) is 23.5. The van der Waals surface area contributed by atoms with Gasteiger partial charge >= 0.3 is 0 Å². The van der Waals surface area contributed by atoms with Crippen molar-refractivity contribution in [3.8, 4) is 0 Å². The van der Waals surface area contributed by atoms with E-state index in [-0.39, 0.29) is 24.2 Å².